The summed E-state index contributed by atoms with van der Waals surface area (Å²) < 4.78 is 0. The number of carbonyl (C=O) groups is 1. The van der Waals surface area contributed by atoms with Gasteiger partial charge in [0.2, 0.25) is 0 Å². The van der Waals surface area contributed by atoms with Crippen LogP contribution in [0.4, 0.5) is 10.5 Å². The quantitative estimate of drug-likeness (QED) is 0.723. The molecule has 0 bridgehead atoms. The van der Waals surface area contributed by atoms with E-state index in [4.69, 9.17) is 0 Å². The van der Waals surface area contributed by atoms with Crippen LogP contribution in [0.5, 0.6) is 0 Å². The van der Waals surface area contributed by atoms with Gasteiger partial charge < -0.3 is 15.2 Å². The Morgan fingerprint density at radius 1 is 1.18 bits per heavy atom. The molecule has 0 aliphatic carbocycles. The lowest BCUT2D eigenvalue weighted by atomic mass is 10.0. The number of pyridine rings is 1. The van der Waals surface area contributed by atoms with Crippen molar-refractivity contribution in [2.75, 3.05) is 11.9 Å². The lowest BCUT2D eigenvalue weighted by Gasteiger charge is -2.28. The van der Waals surface area contributed by atoms with Crippen LogP contribution in [0.1, 0.15) is 11.1 Å². The molecule has 4 rings (SSSR count). The fraction of sp³-hybridized carbons (Fsp3) is 0.176. The topological polar surface area (TPSA) is 61.0 Å². The van der Waals surface area contributed by atoms with Gasteiger partial charge in [0.25, 0.3) is 0 Å². The Bertz CT molecular complexity index is 839. The highest BCUT2D eigenvalue weighted by Crippen LogP contribution is 2.23. The van der Waals surface area contributed by atoms with Crippen LogP contribution in [0.3, 0.4) is 0 Å². The Hall–Kier alpha value is -2.82. The van der Waals surface area contributed by atoms with Crippen molar-refractivity contribution in [1.82, 2.24) is 14.9 Å². The van der Waals surface area contributed by atoms with E-state index in [1.165, 1.54) is 11.1 Å². The van der Waals surface area contributed by atoms with Crippen LogP contribution in [0.15, 0.2) is 48.8 Å². The van der Waals surface area contributed by atoms with Gasteiger partial charge in [-0.15, -0.1) is 0 Å². The Balaban J connectivity index is 1.54. The van der Waals surface area contributed by atoms with E-state index in [0.717, 1.165) is 29.7 Å². The van der Waals surface area contributed by atoms with E-state index >= 15 is 0 Å². The Kier molecular flexibility index (Phi) is 3.04. The van der Waals surface area contributed by atoms with Crippen LogP contribution >= 0.6 is 0 Å². The molecule has 2 N–H and O–H groups in total. The van der Waals surface area contributed by atoms with Crippen LogP contribution in [0.25, 0.3) is 11.0 Å². The zero-order chi connectivity index (χ0) is 14.9. The lowest BCUT2D eigenvalue weighted by molar-refractivity contribution is 0.206. The standard InChI is InChI=1S/C17H16N4O/c22-17(20-15-10-19-16-14(15)6-3-8-18-16)21-9-7-12-4-1-2-5-13(12)11-21/h1-6,8,10H,7,9,11H2,(H,18,19)(H,20,22). The van der Waals surface area contributed by atoms with E-state index in [1.807, 2.05) is 29.2 Å². The van der Waals surface area contributed by atoms with Crippen LogP contribution in [0.2, 0.25) is 0 Å². The monoisotopic (exact) mass is 292 g/mol. The average molecular weight is 292 g/mol. The van der Waals surface area contributed by atoms with Crippen molar-refractivity contribution in [3.63, 3.8) is 0 Å². The summed E-state index contributed by atoms with van der Waals surface area (Å²) in [6.07, 6.45) is 4.42. The Morgan fingerprint density at radius 3 is 2.95 bits per heavy atom. The summed E-state index contributed by atoms with van der Waals surface area (Å²) in [5, 5.41) is 3.91. The van der Waals surface area contributed by atoms with Crippen molar-refractivity contribution < 1.29 is 4.79 Å². The van der Waals surface area contributed by atoms with E-state index in [9.17, 15) is 4.79 Å². The second-order valence-corrected chi connectivity index (χ2v) is 5.47. The second-order valence-electron chi connectivity index (χ2n) is 5.47. The number of fused-ring (bicyclic) bond motifs is 2. The molecule has 0 atom stereocenters. The van der Waals surface area contributed by atoms with Gasteiger partial charge in [-0.2, -0.15) is 0 Å². The van der Waals surface area contributed by atoms with E-state index < -0.39 is 0 Å². The number of hydrogen-bond acceptors (Lipinski definition) is 2. The molecular weight excluding hydrogens is 276 g/mol. The maximum absolute atomic E-state index is 12.5. The predicted octanol–water partition coefficient (Wildman–Crippen LogP) is 3.15. The third-order valence-electron chi connectivity index (χ3n) is 4.11. The lowest BCUT2D eigenvalue weighted by Crippen LogP contribution is -2.38. The third kappa shape index (κ3) is 2.20. The zero-order valence-electron chi connectivity index (χ0n) is 12.0. The molecule has 1 aromatic carbocycles. The molecule has 22 heavy (non-hydrogen) atoms. The smallest absolute Gasteiger partial charge is 0.322 e. The first kappa shape index (κ1) is 12.9. The van der Waals surface area contributed by atoms with Crippen molar-refractivity contribution in [3.8, 4) is 0 Å². The van der Waals surface area contributed by atoms with Gasteiger partial charge >= 0.3 is 6.03 Å². The van der Waals surface area contributed by atoms with Gasteiger partial charge in [0, 0.05) is 30.9 Å². The number of rotatable bonds is 1. The fourth-order valence-electron chi connectivity index (χ4n) is 2.92. The van der Waals surface area contributed by atoms with E-state index in [1.54, 1.807) is 12.4 Å². The minimum absolute atomic E-state index is 0.0701. The van der Waals surface area contributed by atoms with E-state index in [-0.39, 0.29) is 6.03 Å². The summed E-state index contributed by atoms with van der Waals surface area (Å²) >= 11 is 0. The first-order chi connectivity index (χ1) is 10.8. The van der Waals surface area contributed by atoms with Crippen LogP contribution < -0.4 is 5.32 Å². The molecule has 5 nitrogen and oxygen atoms in total. The number of aromatic nitrogens is 2. The number of aromatic amines is 1. The van der Waals surface area contributed by atoms with Gasteiger partial charge in [-0.3, -0.25) is 0 Å². The molecule has 0 radical (unpaired) electrons. The highest BCUT2D eigenvalue weighted by atomic mass is 16.2. The molecule has 0 saturated heterocycles. The second kappa shape index (κ2) is 5.18. The number of nitrogens with zero attached hydrogens (tertiary/aromatic N) is 2. The molecule has 1 aliphatic rings. The van der Waals surface area contributed by atoms with Gasteiger partial charge in [-0.05, 0) is 29.7 Å². The summed E-state index contributed by atoms with van der Waals surface area (Å²) in [5.41, 5.74) is 4.11. The normalized spacial score (nSPS) is 13.9. The predicted molar refractivity (Wildman–Crippen MR) is 85.7 cm³/mol. The summed E-state index contributed by atoms with van der Waals surface area (Å²) in [7, 11) is 0. The molecule has 0 spiro atoms. The van der Waals surface area contributed by atoms with Crippen molar-refractivity contribution in [2.24, 2.45) is 0 Å². The van der Waals surface area contributed by atoms with Crippen molar-refractivity contribution in [2.45, 2.75) is 13.0 Å². The molecule has 3 heterocycles. The number of urea groups is 1. The number of anilines is 1. The number of H-pyrrole nitrogens is 1. The minimum Gasteiger partial charge on any atom is -0.344 e. The largest absolute Gasteiger partial charge is 0.344 e. The number of carbonyl (C=O) groups excluding carboxylic acids is 1. The molecule has 2 amide bonds. The van der Waals surface area contributed by atoms with Crippen molar-refractivity contribution in [1.29, 1.82) is 0 Å². The first-order valence-electron chi connectivity index (χ1n) is 7.36. The van der Waals surface area contributed by atoms with Crippen LogP contribution in [-0.4, -0.2) is 27.4 Å². The molecular formula is C17H16N4O. The minimum atomic E-state index is -0.0701. The summed E-state index contributed by atoms with van der Waals surface area (Å²) in [4.78, 5) is 21.6. The number of benzene rings is 1. The van der Waals surface area contributed by atoms with Gasteiger partial charge in [-0.25, -0.2) is 9.78 Å². The summed E-state index contributed by atoms with van der Waals surface area (Å²) in [5.74, 6) is 0. The van der Waals surface area contributed by atoms with Gasteiger partial charge in [0.15, 0.2) is 0 Å². The van der Waals surface area contributed by atoms with Crippen LogP contribution in [-0.2, 0) is 13.0 Å². The maximum Gasteiger partial charge on any atom is 0.322 e. The molecule has 2 aromatic heterocycles. The number of hydrogen-bond donors (Lipinski definition) is 2. The van der Waals surface area contributed by atoms with Gasteiger partial charge in [0.05, 0.1) is 5.69 Å². The Morgan fingerprint density at radius 2 is 2.05 bits per heavy atom. The summed E-state index contributed by atoms with van der Waals surface area (Å²) in [6.45, 7) is 1.39. The third-order valence-corrected chi connectivity index (χ3v) is 4.11. The molecule has 1 aliphatic heterocycles. The van der Waals surface area contributed by atoms with Gasteiger partial charge in [0.1, 0.15) is 5.65 Å². The molecule has 110 valence electrons. The highest BCUT2D eigenvalue weighted by molar-refractivity contribution is 5.99. The highest BCUT2D eigenvalue weighted by Gasteiger charge is 2.21. The molecule has 5 heteroatoms. The van der Waals surface area contributed by atoms with Gasteiger partial charge in [-0.1, -0.05) is 24.3 Å². The first-order valence-corrected chi connectivity index (χ1v) is 7.36. The SMILES string of the molecule is O=C(Nc1c[nH]c2ncccc12)N1CCc2ccccc2C1. The van der Waals surface area contributed by atoms with E-state index in [2.05, 4.69) is 27.4 Å². The fourth-order valence-corrected chi connectivity index (χ4v) is 2.92. The molecule has 3 aromatic rings. The number of amides is 2. The van der Waals surface area contributed by atoms with Crippen molar-refractivity contribution >= 4 is 22.8 Å². The molecule has 0 saturated carbocycles. The van der Waals surface area contributed by atoms with Crippen LogP contribution in [0, 0.1) is 0 Å². The molecule has 0 fully saturated rings. The number of nitrogens with one attached hydrogen (secondary N) is 2. The van der Waals surface area contributed by atoms with E-state index in [0.29, 0.717) is 6.54 Å². The Labute approximate surface area is 128 Å². The average Bonchev–Trinajstić information content (AvgIpc) is 2.97. The zero-order valence-corrected chi connectivity index (χ0v) is 12.0. The summed E-state index contributed by atoms with van der Waals surface area (Å²) in [6, 6.07) is 12.0. The van der Waals surface area contributed by atoms with Crippen molar-refractivity contribution in [3.05, 3.63) is 59.9 Å². The maximum atomic E-state index is 12.5. The molecule has 0 unspecified atom stereocenters.